The first-order chi connectivity index (χ1) is 8.22. The largest absolute Gasteiger partial charge is 0.393 e. The average molecular weight is 235 g/mol. The van der Waals surface area contributed by atoms with Gasteiger partial charge in [-0.25, -0.2) is 0 Å². The smallest absolute Gasteiger partial charge is 0.0590 e. The predicted molar refractivity (Wildman–Crippen MR) is 67.4 cm³/mol. The van der Waals surface area contributed by atoms with E-state index in [2.05, 4.69) is 16.8 Å². The predicted octanol–water partition coefficient (Wildman–Crippen LogP) is 0.784. The maximum atomic E-state index is 9.75. The quantitative estimate of drug-likeness (QED) is 0.813. The summed E-state index contributed by atoms with van der Waals surface area (Å²) < 4.78 is 0. The van der Waals surface area contributed by atoms with Gasteiger partial charge in [-0.15, -0.1) is 0 Å². The van der Waals surface area contributed by atoms with Gasteiger partial charge in [0.15, 0.2) is 0 Å². The van der Waals surface area contributed by atoms with E-state index in [4.69, 9.17) is 5.73 Å². The molecule has 1 aromatic heterocycles. The van der Waals surface area contributed by atoms with E-state index in [1.54, 1.807) is 12.4 Å². The molecular formula is C13H21N3O. The van der Waals surface area contributed by atoms with Crippen LogP contribution in [-0.2, 0) is 0 Å². The number of aliphatic hydroxyl groups excluding tert-OH is 1. The van der Waals surface area contributed by atoms with Gasteiger partial charge in [0.1, 0.15) is 0 Å². The van der Waals surface area contributed by atoms with Crippen LogP contribution in [0, 0.1) is 5.92 Å². The minimum absolute atomic E-state index is 0.165. The zero-order chi connectivity index (χ0) is 12.3. The van der Waals surface area contributed by atoms with E-state index in [0.29, 0.717) is 12.5 Å². The first-order valence-electron chi connectivity index (χ1n) is 6.24. The second kappa shape index (κ2) is 5.58. The minimum atomic E-state index is -0.165. The van der Waals surface area contributed by atoms with Gasteiger partial charge in [0.05, 0.1) is 6.10 Å². The summed E-state index contributed by atoms with van der Waals surface area (Å²) >= 11 is 0. The molecule has 94 valence electrons. The van der Waals surface area contributed by atoms with Gasteiger partial charge in [0.25, 0.3) is 0 Å². The van der Waals surface area contributed by atoms with Gasteiger partial charge in [0.2, 0.25) is 0 Å². The number of hydrogen-bond acceptors (Lipinski definition) is 4. The highest BCUT2D eigenvalue weighted by molar-refractivity contribution is 5.16. The van der Waals surface area contributed by atoms with E-state index in [1.165, 1.54) is 5.56 Å². The van der Waals surface area contributed by atoms with Gasteiger partial charge in [-0.1, -0.05) is 6.92 Å². The normalized spacial score (nSPS) is 27.9. The molecule has 1 aliphatic heterocycles. The van der Waals surface area contributed by atoms with Crippen molar-refractivity contribution in [2.75, 3.05) is 19.6 Å². The molecule has 1 aliphatic rings. The van der Waals surface area contributed by atoms with Gasteiger partial charge in [-0.05, 0) is 30.0 Å². The monoisotopic (exact) mass is 235 g/mol. The molecule has 0 amide bonds. The minimum Gasteiger partial charge on any atom is -0.393 e. The molecule has 1 aromatic rings. The first kappa shape index (κ1) is 12.5. The molecule has 0 aromatic carbocycles. The molecule has 3 N–H and O–H groups in total. The summed E-state index contributed by atoms with van der Waals surface area (Å²) in [7, 11) is 0. The van der Waals surface area contributed by atoms with Gasteiger partial charge in [0, 0.05) is 38.1 Å². The van der Waals surface area contributed by atoms with Crippen molar-refractivity contribution in [3.8, 4) is 0 Å². The number of piperidine rings is 1. The molecule has 0 radical (unpaired) electrons. The molecule has 3 atom stereocenters. The van der Waals surface area contributed by atoms with Crippen LogP contribution in [0.1, 0.15) is 24.9 Å². The van der Waals surface area contributed by atoms with Crippen molar-refractivity contribution in [1.82, 2.24) is 9.88 Å². The molecule has 3 unspecified atom stereocenters. The fourth-order valence-electron chi connectivity index (χ4n) is 2.53. The number of aromatic nitrogens is 1. The van der Waals surface area contributed by atoms with Gasteiger partial charge in [-0.3, -0.25) is 9.88 Å². The Morgan fingerprint density at radius 1 is 1.53 bits per heavy atom. The zero-order valence-electron chi connectivity index (χ0n) is 10.3. The van der Waals surface area contributed by atoms with Gasteiger partial charge >= 0.3 is 0 Å². The topological polar surface area (TPSA) is 62.4 Å². The van der Waals surface area contributed by atoms with Crippen molar-refractivity contribution in [3.63, 3.8) is 0 Å². The summed E-state index contributed by atoms with van der Waals surface area (Å²) in [5, 5.41) is 9.75. The standard InChI is InChI=1S/C13H21N3O/c1-10-9-16(7-4-13(10)17)12(8-14)11-2-5-15-6-3-11/h2-3,5-6,10,12-13,17H,4,7-9,14H2,1H3. The van der Waals surface area contributed by atoms with Crippen LogP contribution in [0.2, 0.25) is 0 Å². The van der Waals surface area contributed by atoms with Crippen LogP contribution in [0.25, 0.3) is 0 Å². The molecule has 1 fully saturated rings. The Morgan fingerprint density at radius 3 is 2.82 bits per heavy atom. The Hall–Kier alpha value is -0.970. The SMILES string of the molecule is CC1CN(C(CN)c2ccncc2)CCC1O. The summed E-state index contributed by atoms with van der Waals surface area (Å²) in [5.74, 6) is 0.319. The van der Waals surface area contributed by atoms with Crippen LogP contribution in [0.15, 0.2) is 24.5 Å². The van der Waals surface area contributed by atoms with Crippen molar-refractivity contribution in [1.29, 1.82) is 0 Å². The lowest BCUT2D eigenvalue weighted by Crippen LogP contribution is -2.45. The summed E-state index contributed by atoms with van der Waals surface area (Å²) in [4.78, 5) is 6.40. The Morgan fingerprint density at radius 2 is 2.24 bits per heavy atom. The number of nitrogens with two attached hydrogens (primary N) is 1. The van der Waals surface area contributed by atoms with Crippen LogP contribution in [0.4, 0.5) is 0 Å². The summed E-state index contributed by atoms with van der Waals surface area (Å²) in [5.41, 5.74) is 7.11. The van der Waals surface area contributed by atoms with E-state index in [0.717, 1.165) is 19.5 Å². The Kier molecular flexibility index (Phi) is 4.10. The van der Waals surface area contributed by atoms with Gasteiger partial charge in [-0.2, -0.15) is 0 Å². The Balaban J connectivity index is 2.09. The van der Waals surface area contributed by atoms with E-state index < -0.39 is 0 Å². The van der Waals surface area contributed by atoms with Gasteiger partial charge < -0.3 is 10.8 Å². The number of likely N-dealkylation sites (tertiary alicyclic amines) is 1. The molecule has 0 saturated carbocycles. The lowest BCUT2D eigenvalue weighted by Gasteiger charge is -2.39. The zero-order valence-corrected chi connectivity index (χ0v) is 10.3. The van der Waals surface area contributed by atoms with Crippen molar-refractivity contribution >= 4 is 0 Å². The summed E-state index contributed by atoms with van der Waals surface area (Å²) in [6.07, 6.45) is 4.28. The molecule has 0 aliphatic carbocycles. The molecule has 2 heterocycles. The Labute approximate surface area is 102 Å². The molecular weight excluding hydrogens is 214 g/mol. The Bertz CT molecular complexity index is 344. The fraction of sp³-hybridized carbons (Fsp3) is 0.615. The second-order valence-corrected chi connectivity index (χ2v) is 4.86. The van der Waals surface area contributed by atoms with Crippen LogP contribution in [0.3, 0.4) is 0 Å². The molecule has 4 nitrogen and oxygen atoms in total. The molecule has 0 bridgehead atoms. The third kappa shape index (κ3) is 2.83. The lowest BCUT2D eigenvalue weighted by molar-refractivity contribution is 0.0181. The van der Waals surface area contributed by atoms with Crippen LogP contribution in [-0.4, -0.2) is 40.7 Å². The molecule has 2 rings (SSSR count). The summed E-state index contributed by atoms with van der Waals surface area (Å²) in [6.45, 7) is 4.52. The molecule has 0 spiro atoms. The number of rotatable bonds is 3. The molecule has 17 heavy (non-hydrogen) atoms. The highest BCUT2D eigenvalue weighted by Crippen LogP contribution is 2.25. The molecule has 4 heteroatoms. The van der Waals surface area contributed by atoms with Crippen molar-refractivity contribution < 1.29 is 5.11 Å². The maximum Gasteiger partial charge on any atom is 0.0590 e. The fourth-order valence-corrected chi connectivity index (χ4v) is 2.53. The third-order valence-corrected chi connectivity index (χ3v) is 3.65. The average Bonchev–Trinajstić information content (AvgIpc) is 2.36. The highest BCUT2D eigenvalue weighted by atomic mass is 16.3. The number of aliphatic hydroxyl groups is 1. The van der Waals surface area contributed by atoms with Crippen molar-refractivity contribution in [2.45, 2.75) is 25.5 Å². The van der Waals surface area contributed by atoms with Crippen LogP contribution in [0.5, 0.6) is 0 Å². The van der Waals surface area contributed by atoms with Crippen molar-refractivity contribution in [3.05, 3.63) is 30.1 Å². The number of nitrogens with zero attached hydrogens (tertiary/aromatic N) is 2. The summed E-state index contributed by atoms with van der Waals surface area (Å²) in [6, 6.07) is 4.29. The third-order valence-electron chi connectivity index (χ3n) is 3.65. The van der Waals surface area contributed by atoms with E-state index in [-0.39, 0.29) is 12.1 Å². The van der Waals surface area contributed by atoms with Crippen LogP contribution < -0.4 is 5.73 Å². The highest BCUT2D eigenvalue weighted by Gasteiger charge is 2.28. The number of hydrogen-bond donors (Lipinski definition) is 2. The van der Waals surface area contributed by atoms with Crippen LogP contribution >= 0.6 is 0 Å². The maximum absolute atomic E-state index is 9.75. The number of pyridine rings is 1. The first-order valence-corrected chi connectivity index (χ1v) is 6.24. The second-order valence-electron chi connectivity index (χ2n) is 4.86. The van der Waals surface area contributed by atoms with E-state index in [1.807, 2.05) is 12.1 Å². The molecule has 1 saturated heterocycles. The van der Waals surface area contributed by atoms with Crippen molar-refractivity contribution in [2.24, 2.45) is 11.7 Å². The van der Waals surface area contributed by atoms with E-state index >= 15 is 0 Å². The van der Waals surface area contributed by atoms with E-state index in [9.17, 15) is 5.11 Å². The lowest BCUT2D eigenvalue weighted by atomic mass is 9.94.